The lowest BCUT2D eigenvalue weighted by molar-refractivity contribution is 0.479. The van der Waals surface area contributed by atoms with E-state index in [0.29, 0.717) is 5.92 Å². The zero-order chi connectivity index (χ0) is 14.1. The normalized spacial score (nSPS) is 16.4. The summed E-state index contributed by atoms with van der Waals surface area (Å²) in [5, 5.41) is 10.7. The van der Waals surface area contributed by atoms with E-state index in [-0.39, 0.29) is 16.9 Å². The van der Waals surface area contributed by atoms with Gasteiger partial charge in [0.25, 0.3) is 0 Å². The van der Waals surface area contributed by atoms with Gasteiger partial charge in [0.15, 0.2) is 0 Å². The van der Waals surface area contributed by atoms with Crippen LogP contribution in [0.15, 0.2) is 24.4 Å². The third-order valence-corrected chi connectivity index (χ3v) is 4.13. The summed E-state index contributed by atoms with van der Waals surface area (Å²) in [5.74, 6) is 0.249. The summed E-state index contributed by atoms with van der Waals surface area (Å²) in [6.07, 6.45) is 4.25. The zero-order valence-electron chi connectivity index (χ0n) is 11.3. The molecule has 0 saturated heterocycles. The van der Waals surface area contributed by atoms with E-state index in [2.05, 4.69) is 15.5 Å². The van der Waals surface area contributed by atoms with Crippen molar-refractivity contribution in [1.82, 2.24) is 15.5 Å². The lowest BCUT2D eigenvalue weighted by atomic mass is 10.0. The summed E-state index contributed by atoms with van der Waals surface area (Å²) in [6, 6.07) is 5.22. The second kappa shape index (κ2) is 5.54. The highest BCUT2D eigenvalue weighted by Gasteiger charge is 2.32. The maximum Gasteiger partial charge on any atom is 0.141 e. The van der Waals surface area contributed by atoms with Crippen molar-refractivity contribution in [2.45, 2.75) is 32.4 Å². The fourth-order valence-electron chi connectivity index (χ4n) is 2.47. The molecule has 1 fully saturated rings. The van der Waals surface area contributed by atoms with Crippen molar-refractivity contribution >= 4 is 11.6 Å². The van der Waals surface area contributed by atoms with E-state index in [4.69, 9.17) is 11.6 Å². The molecule has 1 heterocycles. The van der Waals surface area contributed by atoms with Gasteiger partial charge in [0, 0.05) is 23.8 Å². The van der Waals surface area contributed by atoms with Crippen molar-refractivity contribution in [2.24, 2.45) is 5.92 Å². The van der Waals surface area contributed by atoms with E-state index in [0.717, 1.165) is 23.4 Å². The van der Waals surface area contributed by atoms with Gasteiger partial charge >= 0.3 is 0 Å². The highest BCUT2D eigenvalue weighted by molar-refractivity contribution is 6.30. The maximum absolute atomic E-state index is 13.3. The first-order chi connectivity index (χ1) is 9.65. The van der Waals surface area contributed by atoms with Gasteiger partial charge in [-0.15, -0.1) is 0 Å². The molecule has 2 aromatic rings. The molecule has 1 saturated carbocycles. The third kappa shape index (κ3) is 2.86. The summed E-state index contributed by atoms with van der Waals surface area (Å²) >= 11 is 5.89. The predicted octanol–water partition coefficient (Wildman–Crippen LogP) is 3.75. The number of H-pyrrole nitrogens is 1. The Balaban J connectivity index is 1.75. The molecule has 0 aliphatic heterocycles. The minimum absolute atomic E-state index is 0.189. The van der Waals surface area contributed by atoms with Crippen LogP contribution in [0.1, 0.15) is 35.7 Å². The van der Waals surface area contributed by atoms with Crippen LogP contribution in [0.2, 0.25) is 5.02 Å². The van der Waals surface area contributed by atoms with Crippen LogP contribution in [-0.4, -0.2) is 10.2 Å². The quantitative estimate of drug-likeness (QED) is 0.881. The van der Waals surface area contributed by atoms with E-state index in [9.17, 15) is 4.39 Å². The Morgan fingerprint density at radius 1 is 1.50 bits per heavy atom. The number of nitrogens with one attached hydrogen (secondary N) is 2. The average Bonchev–Trinajstić information content (AvgIpc) is 3.18. The molecule has 0 bridgehead atoms. The Kier molecular flexibility index (Phi) is 3.76. The number of rotatable bonds is 5. The van der Waals surface area contributed by atoms with Crippen LogP contribution < -0.4 is 5.32 Å². The van der Waals surface area contributed by atoms with E-state index in [1.54, 1.807) is 6.07 Å². The smallest absolute Gasteiger partial charge is 0.141 e. The molecule has 1 aromatic carbocycles. The van der Waals surface area contributed by atoms with E-state index >= 15 is 0 Å². The summed E-state index contributed by atoms with van der Waals surface area (Å²) in [6.45, 7) is 2.75. The Labute approximate surface area is 122 Å². The van der Waals surface area contributed by atoms with E-state index < -0.39 is 0 Å². The van der Waals surface area contributed by atoms with Gasteiger partial charge in [-0.1, -0.05) is 17.7 Å². The van der Waals surface area contributed by atoms with Crippen molar-refractivity contribution in [3.8, 4) is 0 Å². The standard InChI is InChI=1S/C15H17ClFN3/c1-9-12(8-19-20-9)7-18-15(10-2-3-10)11-4-5-14(17)13(16)6-11/h4-6,8,10,15,18H,2-3,7H2,1H3,(H,19,20). The first kappa shape index (κ1) is 13.6. The first-order valence-corrected chi connectivity index (χ1v) is 7.20. The van der Waals surface area contributed by atoms with Crippen LogP contribution in [0, 0.1) is 18.7 Å². The molecule has 3 nitrogen and oxygen atoms in total. The summed E-state index contributed by atoms with van der Waals surface area (Å²) in [4.78, 5) is 0. The van der Waals surface area contributed by atoms with Crippen LogP contribution in [-0.2, 0) is 6.54 Å². The zero-order valence-corrected chi connectivity index (χ0v) is 12.0. The van der Waals surface area contributed by atoms with Crippen molar-refractivity contribution in [2.75, 3.05) is 0 Å². The van der Waals surface area contributed by atoms with Crippen molar-refractivity contribution < 1.29 is 4.39 Å². The molecular weight excluding hydrogens is 277 g/mol. The Morgan fingerprint density at radius 2 is 2.30 bits per heavy atom. The third-order valence-electron chi connectivity index (χ3n) is 3.84. The van der Waals surface area contributed by atoms with E-state index in [1.807, 2.05) is 19.2 Å². The Hall–Kier alpha value is -1.39. The van der Waals surface area contributed by atoms with Crippen LogP contribution in [0.5, 0.6) is 0 Å². The molecule has 2 N–H and O–H groups in total. The number of hydrogen-bond acceptors (Lipinski definition) is 2. The molecule has 0 radical (unpaired) electrons. The molecular formula is C15H17ClFN3. The van der Waals surface area contributed by atoms with Gasteiger partial charge in [0.1, 0.15) is 5.82 Å². The van der Waals surface area contributed by atoms with Crippen LogP contribution in [0.4, 0.5) is 4.39 Å². The molecule has 1 unspecified atom stereocenters. The maximum atomic E-state index is 13.3. The number of aromatic amines is 1. The van der Waals surface area contributed by atoms with Gasteiger partial charge in [-0.2, -0.15) is 5.10 Å². The molecule has 106 valence electrons. The minimum atomic E-state index is -0.365. The number of nitrogens with zero attached hydrogens (tertiary/aromatic N) is 1. The van der Waals surface area contributed by atoms with Crippen LogP contribution in [0.3, 0.4) is 0 Å². The lowest BCUT2D eigenvalue weighted by Crippen LogP contribution is -2.23. The molecule has 1 aliphatic rings. The Morgan fingerprint density at radius 3 is 2.90 bits per heavy atom. The molecule has 5 heteroatoms. The molecule has 1 atom stereocenters. The van der Waals surface area contributed by atoms with E-state index in [1.165, 1.54) is 18.9 Å². The summed E-state index contributed by atoms with van der Waals surface area (Å²) < 4.78 is 13.3. The molecule has 1 aliphatic carbocycles. The van der Waals surface area contributed by atoms with Crippen molar-refractivity contribution in [1.29, 1.82) is 0 Å². The number of halogens is 2. The summed E-state index contributed by atoms with van der Waals surface area (Å²) in [5.41, 5.74) is 3.29. The summed E-state index contributed by atoms with van der Waals surface area (Å²) in [7, 11) is 0. The van der Waals surface area contributed by atoms with Crippen molar-refractivity contribution in [3.05, 3.63) is 52.1 Å². The minimum Gasteiger partial charge on any atom is -0.305 e. The second-order valence-electron chi connectivity index (χ2n) is 5.39. The molecule has 0 spiro atoms. The van der Waals surface area contributed by atoms with Gasteiger partial charge in [-0.3, -0.25) is 5.10 Å². The molecule has 1 aromatic heterocycles. The van der Waals surface area contributed by atoms with Crippen LogP contribution >= 0.6 is 11.6 Å². The van der Waals surface area contributed by atoms with Gasteiger partial charge < -0.3 is 5.32 Å². The topological polar surface area (TPSA) is 40.7 Å². The number of aromatic nitrogens is 2. The molecule has 3 rings (SSSR count). The number of hydrogen-bond donors (Lipinski definition) is 2. The number of aryl methyl sites for hydroxylation is 1. The Bertz CT molecular complexity index is 607. The number of benzene rings is 1. The van der Waals surface area contributed by atoms with Gasteiger partial charge in [-0.05, 0) is 43.4 Å². The largest absolute Gasteiger partial charge is 0.305 e. The predicted molar refractivity (Wildman–Crippen MR) is 77.0 cm³/mol. The highest BCUT2D eigenvalue weighted by Crippen LogP contribution is 2.41. The average molecular weight is 294 g/mol. The van der Waals surface area contributed by atoms with Gasteiger partial charge in [0.2, 0.25) is 0 Å². The van der Waals surface area contributed by atoms with Gasteiger partial charge in [0.05, 0.1) is 11.2 Å². The fraction of sp³-hybridized carbons (Fsp3) is 0.400. The molecule has 0 amide bonds. The second-order valence-corrected chi connectivity index (χ2v) is 5.80. The SMILES string of the molecule is Cc1[nH]ncc1CNC(c1ccc(F)c(Cl)c1)C1CC1. The lowest BCUT2D eigenvalue weighted by Gasteiger charge is -2.19. The highest BCUT2D eigenvalue weighted by atomic mass is 35.5. The molecule has 20 heavy (non-hydrogen) atoms. The van der Waals surface area contributed by atoms with Crippen LogP contribution in [0.25, 0.3) is 0 Å². The van der Waals surface area contributed by atoms with Gasteiger partial charge in [-0.25, -0.2) is 4.39 Å². The fourth-order valence-corrected chi connectivity index (χ4v) is 2.65. The monoisotopic (exact) mass is 293 g/mol. The first-order valence-electron chi connectivity index (χ1n) is 6.82. The van der Waals surface area contributed by atoms with Crippen molar-refractivity contribution in [3.63, 3.8) is 0 Å².